The maximum absolute atomic E-state index is 12.4. The highest BCUT2D eigenvalue weighted by Crippen LogP contribution is 2.48. The third kappa shape index (κ3) is 8.11. The zero-order valence-corrected chi connectivity index (χ0v) is 31.8. The number of halogens is 1. The van der Waals surface area contributed by atoms with Gasteiger partial charge in [-0.2, -0.15) is 13.0 Å². The molecule has 2 N–H and O–H groups in total. The Labute approximate surface area is 304 Å². The summed E-state index contributed by atoms with van der Waals surface area (Å²) in [5.41, 5.74) is 7.10. The van der Waals surface area contributed by atoms with Gasteiger partial charge in [0, 0.05) is 66.2 Å². The number of aryl methyl sites for hydroxylation is 1. The van der Waals surface area contributed by atoms with Crippen LogP contribution in [0, 0.1) is 6.92 Å². The lowest BCUT2D eigenvalue weighted by Gasteiger charge is -2.25. The number of rotatable bonds is 14. The molecule has 2 aliphatic rings. The summed E-state index contributed by atoms with van der Waals surface area (Å²) < 4.78 is 36.2. The fourth-order valence-electron chi connectivity index (χ4n) is 6.84. The molecule has 11 nitrogen and oxygen atoms in total. The molecule has 0 unspecified atom stereocenters. The van der Waals surface area contributed by atoms with E-state index in [4.69, 9.17) is 11.6 Å². The summed E-state index contributed by atoms with van der Waals surface area (Å²) in [6, 6.07) is 11.5. The molecular weight excluding hydrogens is 694 g/mol. The van der Waals surface area contributed by atoms with Gasteiger partial charge >= 0.3 is 0 Å². The lowest BCUT2D eigenvalue weighted by Crippen LogP contribution is -2.28. The van der Waals surface area contributed by atoms with Gasteiger partial charge in [-0.25, -0.2) is 0 Å². The van der Waals surface area contributed by atoms with Crippen LogP contribution in [0.15, 0.2) is 70.4 Å². The highest BCUT2D eigenvalue weighted by atomic mass is 35.5. The largest absolute Gasteiger partial charge is 0.355 e. The van der Waals surface area contributed by atoms with Crippen LogP contribution in [0.2, 0.25) is 5.28 Å². The number of hydrogen-bond donors (Lipinski definition) is 2. The fourth-order valence-corrected chi connectivity index (χ4v) is 8.00. The molecule has 3 aromatic rings. The normalized spacial score (nSPS) is 17.1. The summed E-state index contributed by atoms with van der Waals surface area (Å²) in [7, 11) is -4.36. The number of anilines is 1. The quantitative estimate of drug-likeness (QED) is 0.0807. The second-order valence-corrected chi connectivity index (χ2v) is 16.4. The third-order valence-electron chi connectivity index (χ3n) is 9.41. The van der Waals surface area contributed by atoms with E-state index in [9.17, 15) is 17.8 Å². The van der Waals surface area contributed by atoms with Gasteiger partial charge in [0.15, 0.2) is 5.71 Å². The standard InChI is InChI=1S/C36H44ClN7O4S2/c1-7-43-28-17-15-24(2)22-26(28)35(3,4)30(43)12-11-13-31-36(5,6)27-23-25(50(46,47)48)16-18-29(27)44(31)20-10-8-9-14-32(45)38-19-21-49-34-41-39-33(37)40-42-34/h11-13,15-18,22-23H,7-10,14,19-21H2,1-6H3,(H-,38,45,46,47,48)/p+1. The second-order valence-electron chi connectivity index (χ2n) is 13.6. The van der Waals surface area contributed by atoms with Crippen molar-refractivity contribution >= 4 is 56.5 Å². The Balaban J connectivity index is 1.28. The van der Waals surface area contributed by atoms with Gasteiger partial charge in [0.25, 0.3) is 15.4 Å². The van der Waals surface area contributed by atoms with E-state index in [2.05, 4.69) is 113 Å². The minimum absolute atomic E-state index is 0.0108. The summed E-state index contributed by atoms with van der Waals surface area (Å²) in [6.45, 7) is 15.0. The lowest BCUT2D eigenvalue weighted by molar-refractivity contribution is -0.438. The van der Waals surface area contributed by atoms with E-state index in [1.807, 2.05) is 0 Å². The molecule has 0 atom stereocenters. The number of hydrogen-bond acceptors (Lipinski definition) is 9. The van der Waals surface area contributed by atoms with Crippen LogP contribution in [0.5, 0.6) is 0 Å². The predicted octanol–water partition coefficient (Wildman–Crippen LogP) is 6.58. The number of nitrogens with one attached hydrogen (secondary N) is 1. The number of benzene rings is 2. The number of carbonyl (C=O) groups excluding carboxylic acids is 1. The van der Waals surface area contributed by atoms with Gasteiger partial charge in [-0.05, 0) is 82.0 Å². The number of allylic oxidation sites excluding steroid dienone is 4. The lowest BCUT2D eigenvalue weighted by atomic mass is 9.81. The van der Waals surface area contributed by atoms with Crippen molar-refractivity contribution in [2.75, 3.05) is 30.3 Å². The van der Waals surface area contributed by atoms with Crippen LogP contribution in [-0.2, 0) is 25.7 Å². The summed E-state index contributed by atoms with van der Waals surface area (Å²) in [6.07, 6.45) is 9.25. The molecular formula is C36H45ClN7O4S2+. The molecule has 14 heteroatoms. The molecule has 0 spiro atoms. The SMILES string of the molecule is CCN1C(=CC=CC2=[N+](CCCCCC(=O)NCCSc3nnc(Cl)nn3)c3ccc(S(=O)(=O)O)cc3C2(C)C)C(C)(C)c2cc(C)ccc21. The van der Waals surface area contributed by atoms with Crippen molar-refractivity contribution in [2.45, 2.75) is 88.1 Å². The fraction of sp³-hybridized carbons (Fsp3) is 0.444. The van der Waals surface area contributed by atoms with E-state index in [1.165, 1.54) is 40.3 Å². The highest BCUT2D eigenvalue weighted by Gasteiger charge is 2.45. The Morgan fingerprint density at radius 2 is 1.76 bits per heavy atom. The third-order valence-corrected chi connectivity index (χ3v) is 11.2. The van der Waals surface area contributed by atoms with Gasteiger partial charge in [0.2, 0.25) is 16.8 Å². The molecule has 2 aliphatic heterocycles. The first kappa shape index (κ1) is 37.6. The Morgan fingerprint density at radius 1 is 1.02 bits per heavy atom. The molecule has 0 saturated carbocycles. The van der Waals surface area contributed by atoms with Crippen LogP contribution in [0.4, 0.5) is 11.4 Å². The highest BCUT2D eigenvalue weighted by molar-refractivity contribution is 7.99. The number of likely N-dealkylation sites (N-methyl/N-ethyl adjacent to an activating group) is 1. The second kappa shape index (κ2) is 15.3. The number of thioether (sulfide) groups is 1. The van der Waals surface area contributed by atoms with Crippen molar-refractivity contribution in [1.29, 1.82) is 0 Å². The van der Waals surface area contributed by atoms with E-state index < -0.39 is 15.5 Å². The molecule has 0 saturated heterocycles. The number of aromatic nitrogens is 4. The van der Waals surface area contributed by atoms with Crippen molar-refractivity contribution in [3.05, 3.63) is 82.3 Å². The maximum Gasteiger partial charge on any atom is 0.294 e. The van der Waals surface area contributed by atoms with E-state index in [0.717, 1.165) is 42.8 Å². The maximum atomic E-state index is 12.4. The molecule has 2 aromatic carbocycles. The van der Waals surface area contributed by atoms with Gasteiger partial charge in [0.05, 0.1) is 10.3 Å². The minimum atomic E-state index is -4.36. The molecule has 266 valence electrons. The number of carbonyl (C=O) groups is 1. The van der Waals surface area contributed by atoms with Crippen LogP contribution in [0.3, 0.4) is 0 Å². The van der Waals surface area contributed by atoms with Crippen molar-refractivity contribution < 1.29 is 22.3 Å². The molecule has 3 heterocycles. The summed E-state index contributed by atoms with van der Waals surface area (Å²) in [5.74, 6) is 0.574. The molecule has 0 aliphatic carbocycles. The smallest absolute Gasteiger partial charge is 0.294 e. The Bertz CT molecular complexity index is 1960. The number of unbranched alkanes of at least 4 members (excludes halogenated alkanes) is 2. The topological polar surface area (TPSA) is 141 Å². The van der Waals surface area contributed by atoms with Gasteiger partial charge in [-0.1, -0.05) is 49.4 Å². The van der Waals surface area contributed by atoms with Crippen molar-refractivity contribution in [3.8, 4) is 0 Å². The van der Waals surface area contributed by atoms with Crippen LogP contribution in [0.25, 0.3) is 0 Å². The summed E-state index contributed by atoms with van der Waals surface area (Å²) in [4.78, 5) is 14.7. The summed E-state index contributed by atoms with van der Waals surface area (Å²) in [5, 5.41) is 18.3. The number of amides is 1. The van der Waals surface area contributed by atoms with Crippen LogP contribution in [-0.4, -0.2) is 74.9 Å². The molecule has 1 aromatic heterocycles. The molecule has 5 rings (SSSR count). The van der Waals surface area contributed by atoms with E-state index in [-0.39, 0.29) is 21.5 Å². The van der Waals surface area contributed by atoms with E-state index in [1.54, 1.807) is 12.1 Å². The van der Waals surface area contributed by atoms with Gasteiger partial charge in [-0.15, -0.1) is 20.4 Å². The summed E-state index contributed by atoms with van der Waals surface area (Å²) >= 11 is 6.95. The zero-order chi connectivity index (χ0) is 36.3. The van der Waals surface area contributed by atoms with Gasteiger partial charge < -0.3 is 10.2 Å². The number of fused-ring (bicyclic) bond motifs is 2. The minimum Gasteiger partial charge on any atom is -0.355 e. The van der Waals surface area contributed by atoms with Crippen LogP contribution >= 0.6 is 23.4 Å². The average molecular weight is 739 g/mol. The van der Waals surface area contributed by atoms with Crippen molar-refractivity contribution in [2.24, 2.45) is 0 Å². The molecule has 0 bridgehead atoms. The molecule has 0 fully saturated rings. The zero-order valence-electron chi connectivity index (χ0n) is 29.4. The van der Waals surface area contributed by atoms with Crippen molar-refractivity contribution in [1.82, 2.24) is 25.7 Å². The van der Waals surface area contributed by atoms with Crippen LogP contribution < -0.4 is 10.2 Å². The Hall–Kier alpha value is -3.65. The van der Waals surface area contributed by atoms with E-state index >= 15 is 0 Å². The molecule has 50 heavy (non-hydrogen) atoms. The van der Waals surface area contributed by atoms with Crippen LogP contribution in [0.1, 0.15) is 77.0 Å². The first-order valence-electron chi connectivity index (χ1n) is 16.8. The molecule has 1 amide bonds. The first-order valence-corrected chi connectivity index (χ1v) is 19.6. The van der Waals surface area contributed by atoms with Crippen molar-refractivity contribution in [3.63, 3.8) is 0 Å². The van der Waals surface area contributed by atoms with Gasteiger partial charge in [-0.3, -0.25) is 9.35 Å². The Kier molecular flexibility index (Phi) is 11.5. The predicted molar refractivity (Wildman–Crippen MR) is 198 cm³/mol. The molecule has 0 radical (unpaired) electrons. The van der Waals surface area contributed by atoms with Gasteiger partial charge in [0.1, 0.15) is 6.54 Å². The average Bonchev–Trinajstić information content (AvgIpc) is 3.41. The number of nitrogens with zero attached hydrogens (tertiary/aromatic N) is 6. The first-order chi connectivity index (χ1) is 23.6. The Morgan fingerprint density at radius 3 is 2.46 bits per heavy atom. The monoisotopic (exact) mass is 738 g/mol. The van der Waals surface area contributed by atoms with E-state index in [0.29, 0.717) is 30.4 Å².